The second kappa shape index (κ2) is 11.3. The maximum absolute atomic E-state index is 5.22. The van der Waals surface area contributed by atoms with Crippen molar-refractivity contribution in [3.8, 4) is 44.9 Å². The lowest BCUT2D eigenvalue weighted by molar-refractivity contribution is 0.549. The van der Waals surface area contributed by atoms with Gasteiger partial charge in [-0.25, -0.2) is 19.9 Å². The largest absolute Gasteiger partial charge is 0.232 e. The van der Waals surface area contributed by atoms with Gasteiger partial charge in [-0.05, 0) is 40.5 Å². The van der Waals surface area contributed by atoms with Crippen molar-refractivity contribution in [3.63, 3.8) is 0 Å². The van der Waals surface area contributed by atoms with Crippen LogP contribution in [0.4, 0.5) is 0 Å². The Morgan fingerprint density at radius 2 is 1.00 bits per heavy atom. The van der Waals surface area contributed by atoms with Crippen LogP contribution < -0.4 is 0 Å². The maximum atomic E-state index is 5.22. The Morgan fingerprint density at radius 3 is 1.70 bits per heavy atom. The number of rotatable bonds is 4. The van der Waals surface area contributed by atoms with Crippen LogP contribution in [0.3, 0.4) is 0 Å². The van der Waals surface area contributed by atoms with Gasteiger partial charge in [0.25, 0.3) is 0 Å². The minimum Gasteiger partial charge on any atom is -0.232 e. The fourth-order valence-electron chi connectivity index (χ4n) is 6.10. The van der Waals surface area contributed by atoms with Crippen LogP contribution in [-0.4, -0.2) is 19.9 Å². The molecule has 5 aromatic carbocycles. The van der Waals surface area contributed by atoms with Gasteiger partial charge in [0.1, 0.15) is 5.82 Å². The molecule has 0 radical (unpaired) electrons. The highest BCUT2D eigenvalue weighted by Crippen LogP contribution is 2.41. The summed E-state index contributed by atoms with van der Waals surface area (Å²) in [6.45, 7) is 13.2. The molecule has 2 heterocycles. The molecule has 0 amide bonds. The van der Waals surface area contributed by atoms with Gasteiger partial charge in [-0.3, -0.25) is 0 Å². The number of fused-ring (bicyclic) bond motifs is 2. The molecule has 7 aromatic rings. The predicted molar refractivity (Wildman–Crippen MR) is 192 cm³/mol. The molecule has 0 bridgehead atoms. The van der Waals surface area contributed by atoms with E-state index in [-0.39, 0.29) is 10.8 Å². The summed E-state index contributed by atoms with van der Waals surface area (Å²) in [5.74, 6) is 1.59. The zero-order chi connectivity index (χ0) is 32.1. The Balaban J connectivity index is 1.43. The molecule has 0 N–H and O–H groups in total. The van der Waals surface area contributed by atoms with Crippen LogP contribution in [-0.2, 0) is 10.8 Å². The normalized spacial score (nSPS) is 12.1. The van der Waals surface area contributed by atoms with Crippen molar-refractivity contribution in [2.75, 3.05) is 0 Å². The summed E-state index contributed by atoms with van der Waals surface area (Å²) in [4.78, 5) is 20.3. The first-order chi connectivity index (χ1) is 22.1. The third-order valence-corrected chi connectivity index (χ3v) is 8.42. The van der Waals surface area contributed by atoms with Crippen LogP contribution in [0, 0.1) is 0 Å². The van der Waals surface area contributed by atoms with E-state index in [1.165, 1.54) is 0 Å². The van der Waals surface area contributed by atoms with E-state index in [1.807, 2.05) is 24.3 Å². The summed E-state index contributed by atoms with van der Waals surface area (Å²) in [7, 11) is 0. The molecule has 226 valence electrons. The molecule has 0 spiro atoms. The third-order valence-electron chi connectivity index (χ3n) is 8.42. The molecule has 0 fully saturated rings. The molecule has 46 heavy (non-hydrogen) atoms. The average molecular weight is 599 g/mol. The first-order valence-corrected chi connectivity index (χ1v) is 15.9. The van der Waals surface area contributed by atoms with Crippen molar-refractivity contribution in [3.05, 3.63) is 133 Å². The summed E-state index contributed by atoms with van der Waals surface area (Å²) in [6, 6.07) is 42.4. The van der Waals surface area contributed by atoms with Gasteiger partial charge < -0.3 is 0 Å². The van der Waals surface area contributed by atoms with Crippen LogP contribution in [0.5, 0.6) is 0 Å². The van der Waals surface area contributed by atoms with E-state index in [1.54, 1.807) is 0 Å². The summed E-state index contributed by atoms with van der Waals surface area (Å²) in [6.07, 6.45) is 0. The Kier molecular flexibility index (Phi) is 7.24. The van der Waals surface area contributed by atoms with Crippen molar-refractivity contribution in [2.45, 2.75) is 52.4 Å². The molecular formula is C42H38N4. The van der Waals surface area contributed by atoms with Crippen molar-refractivity contribution in [1.82, 2.24) is 19.9 Å². The first-order valence-electron chi connectivity index (χ1n) is 15.9. The molecule has 0 atom stereocenters. The highest BCUT2D eigenvalue weighted by atomic mass is 14.9. The highest BCUT2D eigenvalue weighted by Gasteiger charge is 2.24. The smallest absolute Gasteiger partial charge is 0.160 e. The molecule has 0 aliphatic heterocycles. The summed E-state index contributed by atoms with van der Waals surface area (Å²) in [5, 5.41) is 2.12. The van der Waals surface area contributed by atoms with Crippen LogP contribution in [0.15, 0.2) is 121 Å². The van der Waals surface area contributed by atoms with Crippen molar-refractivity contribution in [2.24, 2.45) is 0 Å². The molecule has 0 unspecified atom stereocenters. The van der Waals surface area contributed by atoms with Gasteiger partial charge in [-0.15, -0.1) is 0 Å². The lowest BCUT2D eigenvalue weighted by Crippen LogP contribution is -2.16. The maximum Gasteiger partial charge on any atom is 0.160 e. The quantitative estimate of drug-likeness (QED) is 0.202. The number of para-hydroxylation sites is 1. The van der Waals surface area contributed by atoms with E-state index in [0.29, 0.717) is 0 Å². The van der Waals surface area contributed by atoms with E-state index >= 15 is 0 Å². The number of benzene rings is 5. The molecule has 0 saturated carbocycles. The second-order valence-corrected chi connectivity index (χ2v) is 14.0. The molecular weight excluding hydrogens is 560 g/mol. The molecule has 0 aliphatic carbocycles. The van der Waals surface area contributed by atoms with E-state index in [4.69, 9.17) is 19.9 Å². The van der Waals surface area contributed by atoms with E-state index in [2.05, 4.69) is 139 Å². The number of hydrogen-bond acceptors (Lipinski definition) is 4. The fourth-order valence-corrected chi connectivity index (χ4v) is 6.10. The standard InChI is InChI=1S/C42H38N4/c1-41(2,3)38-34-26-28(24-25-36(34)43-39(46-38)27-16-8-7-9-17-27)29-18-10-11-19-30(29)31-20-12-13-21-32(31)37-33-22-14-15-23-35(33)44-40(45-37)42(4,5)6/h7-26H,1-6H3. The molecule has 4 heteroatoms. The lowest BCUT2D eigenvalue weighted by atomic mass is 9.86. The van der Waals surface area contributed by atoms with Gasteiger partial charge in [0.05, 0.1) is 22.4 Å². The monoisotopic (exact) mass is 598 g/mol. The molecule has 0 aliphatic rings. The Bertz CT molecular complexity index is 2220. The summed E-state index contributed by atoms with van der Waals surface area (Å²) < 4.78 is 0. The van der Waals surface area contributed by atoms with Crippen LogP contribution >= 0.6 is 0 Å². The minimum atomic E-state index is -0.191. The average Bonchev–Trinajstić information content (AvgIpc) is 3.06. The predicted octanol–water partition coefficient (Wildman–Crippen LogP) is 10.8. The lowest BCUT2D eigenvalue weighted by Gasteiger charge is -2.22. The zero-order valence-electron chi connectivity index (χ0n) is 27.3. The Morgan fingerprint density at radius 1 is 0.413 bits per heavy atom. The zero-order valence-corrected chi connectivity index (χ0v) is 27.3. The molecule has 2 aromatic heterocycles. The number of nitrogens with zero attached hydrogens (tertiary/aromatic N) is 4. The van der Waals surface area contributed by atoms with Crippen LogP contribution in [0.1, 0.15) is 53.1 Å². The third kappa shape index (κ3) is 5.45. The molecule has 0 saturated heterocycles. The SMILES string of the molecule is CC(C)(C)c1nc(-c2ccccc2-c2ccccc2-c2ccc3nc(-c4ccccc4)nc(C(C)(C)C)c3c2)c2ccccc2n1. The van der Waals surface area contributed by atoms with Crippen molar-refractivity contribution >= 4 is 21.8 Å². The summed E-state index contributed by atoms with van der Waals surface area (Å²) >= 11 is 0. The van der Waals surface area contributed by atoms with Gasteiger partial charge >= 0.3 is 0 Å². The Hall–Kier alpha value is -5.22. The molecule has 7 rings (SSSR count). The highest BCUT2D eigenvalue weighted by molar-refractivity contribution is 6.00. The van der Waals surface area contributed by atoms with Crippen LogP contribution in [0.2, 0.25) is 0 Å². The topological polar surface area (TPSA) is 51.6 Å². The minimum absolute atomic E-state index is 0.172. The van der Waals surface area contributed by atoms with E-state index < -0.39 is 0 Å². The number of hydrogen-bond donors (Lipinski definition) is 0. The van der Waals surface area contributed by atoms with Crippen LogP contribution in [0.25, 0.3) is 66.7 Å². The van der Waals surface area contributed by atoms with Crippen molar-refractivity contribution < 1.29 is 0 Å². The van der Waals surface area contributed by atoms with Gasteiger partial charge in [0, 0.05) is 32.7 Å². The number of aromatic nitrogens is 4. The van der Waals surface area contributed by atoms with Gasteiger partial charge in [0.2, 0.25) is 0 Å². The van der Waals surface area contributed by atoms with Crippen molar-refractivity contribution in [1.29, 1.82) is 0 Å². The van der Waals surface area contributed by atoms with E-state index in [9.17, 15) is 0 Å². The van der Waals surface area contributed by atoms with E-state index in [0.717, 1.165) is 78.2 Å². The molecule has 4 nitrogen and oxygen atoms in total. The first kappa shape index (κ1) is 29.5. The Labute approximate surface area is 271 Å². The summed E-state index contributed by atoms with van der Waals surface area (Å²) in [5.41, 5.74) is 10.2. The second-order valence-electron chi connectivity index (χ2n) is 14.0. The van der Waals surface area contributed by atoms with Gasteiger partial charge in [-0.2, -0.15) is 0 Å². The van der Waals surface area contributed by atoms with Gasteiger partial charge in [-0.1, -0.05) is 145 Å². The fraction of sp³-hybridized carbons (Fsp3) is 0.190. The van der Waals surface area contributed by atoms with Gasteiger partial charge in [0.15, 0.2) is 5.82 Å².